The molecule has 0 saturated heterocycles. The third-order valence-corrected chi connectivity index (χ3v) is 3.47. The van der Waals surface area contributed by atoms with E-state index in [0.717, 1.165) is 11.3 Å². The minimum atomic E-state index is 0.0794. The number of methoxy groups -OCH3 is 1. The van der Waals surface area contributed by atoms with E-state index < -0.39 is 0 Å². The second-order valence-corrected chi connectivity index (χ2v) is 4.98. The first-order valence-electron chi connectivity index (χ1n) is 5.67. The highest BCUT2D eigenvalue weighted by atomic mass is 32.2. The number of carbonyl (C=O) groups excluding carboxylic acids is 1. The molecule has 1 aromatic carbocycles. The molecule has 19 heavy (non-hydrogen) atoms. The fourth-order valence-electron chi connectivity index (χ4n) is 1.55. The Kier molecular flexibility index (Phi) is 4.16. The van der Waals surface area contributed by atoms with Crippen LogP contribution in [0.4, 0.5) is 0 Å². The molecular formula is C12H14N4O2S. The van der Waals surface area contributed by atoms with Crippen LogP contribution in [-0.4, -0.2) is 38.9 Å². The van der Waals surface area contributed by atoms with Gasteiger partial charge in [-0.1, -0.05) is 17.8 Å². The summed E-state index contributed by atoms with van der Waals surface area (Å²) >= 11 is 1.30. The third kappa shape index (κ3) is 3.11. The van der Waals surface area contributed by atoms with E-state index >= 15 is 0 Å². The number of aryl methyl sites for hydroxylation is 1. The highest BCUT2D eigenvalue weighted by Gasteiger charge is 2.14. The normalized spacial score (nSPS) is 10.5. The number of ketones is 1. The maximum atomic E-state index is 11.0. The van der Waals surface area contributed by atoms with Crippen LogP contribution in [0.3, 0.4) is 0 Å². The van der Waals surface area contributed by atoms with Gasteiger partial charge in [-0.2, -0.15) is 4.68 Å². The Labute approximate surface area is 115 Å². The van der Waals surface area contributed by atoms with Gasteiger partial charge in [-0.3, -0.25) is 4.79 Å². The van der Waals surface area contributed by atoms with Crippen LogP contribution < -0.4 is 4.74 Å². The molecule has 0 amide bonds. The van der Waals surface area contributed by atoms with Crippen LogP contribution in [0, 0.1) is 6.92 Å². The van der Waals surface area contributed by atoms with Crippen LogP contribution in [-0.2, 0) is 4.79 Å². The summed E-state index contributed by atoms with van der Waals surface area (Å²) < 4.78 is 6.89. The summed E-state index contributed by atoms with van der Waals surface area (Å²) in [6.45, 7) is 3.52. The van der Waals surface area contributed by atoms with Crippen LogP contribution in [0.5, 0.6) is 5.75 Å². The van der Waals surface area contributed by atoms with Crippen molar-refractivity contribution in [2.45, 2.75) is 19.0 Å². The number of tetrazole rings is 1. The molecule has 0 N–H and O–H groups in total. The summed E-state index contributed by atoms with van der Waals surface area (Å²) in [6, 6.07) is 5.76. The molecule has 0 radical (unpaired) electrons. The predicted octanol–water partition coefficient (Wildman–Crippen LogP) is 1.66. The summed E-state index contributed by atoms with van der Waals surface area (Å²) in [6.07, 6.45) is 0. The lowest BCUT2D eigenvalue weighted by atomic mass is 10.2. The van der Waals surface area contributed by atoms with Crippen molar-refractivity contribution < 1.29 is 9.53 Å². The third-order valence-electron chi connectivity index (χ3n) is 2.41. The average molecular weight is 278 g/mol. The van der Waals surface area contributed by atoms with E-state index in [2.05, 4.69) is 15.5 Å². The van der Waals surface area contributed by atoms with E-state index in [9.17, 15) is 4.79 Å². The van der Waals surface area contributed by atoms with E-state index in [1.807, 2.05) is 25.1 Å². The molecule has 100 valence electrons. The number of Topliss-reactive ketones (excluding diaryl/α,β-unsaturated/α-hetero) is 1. The number of ether oxygens (including phenoxy) is 1. The van der Waals surface area contributed by atoms with Gasteiger partial charge < -0.3 is 4.74 Å². The number of rotatable bonds is 5. The van der Waals surface area contributed by atoms with Gasteiger partial charge in [-0.15, -0.1) is 5.10 Å². The van der Waals surface area contributed by atoms with Crippen LogP contribution in [0.1, 0.15) is 12.5 Å². The minimum absolute atomic E-state index is 0.0794. The predicted molar refractivity (Wildman–Crippen MR) is 71.8 cm³/mol. The van der Waals surface area contributed by atoms with Crippen LogP contribution in [0.15, 0.2) is 23.4 Å². The molecule has 6 nitrogen and oxygen atoms in total. The molecule has 0 spiro atoms. The molecule has 7 heteroatoms. The van der Waals surface area contributed by atoms with Gasteiger partial charge in [0, 0.05) is 0 Å². The van der Waals surface area contributed by atoms with Crippen molar-refractivity contribution in [2.75, 3.05) is 12.9 Å². The molecule has 0 aliphatic rings. The Hall–Kier alpha value is -1.89. The first-order valence-corrected chi connectivity index (χ1v) is 6.66. The largest absolute Gasteiger partial charge is 0.494 e. The molecule has 0 saturated carbocycles. The molecule has 1 aromatic heterocycles. The van der Waals surface area contributed by atoms with Gasteiger partial charge in [-0.05, 0) is 42.0 Å². The molecule has 0 atom stereocenters. The van der Waals surface area contributed by atoms with Crippen molar-refractivity contribution in [1.29, 1.82) is 0 Å². The standard InChI is InChI=1S/C12H14N4O2S/c1-8-4-5-11(18-3)10(6-8)16-12(13-14-15-16)19-7-9(2)17/h4-6H,7H2,1-3H3. The summed E-state index contributed by atoms with van der Waals surface area (Å²) in [5.41, 5.74) is 1.84. The first-order chi connectivity index (χ1) is 9.11. The van der Waals surface area contributed by atoms with Crippen molar-refractivity contribution in [1.82, 2.24) is 20.2 Å². The van der Waals surface area contributed by atoms with Gasteiger partial charge in [0.1, 0.15) is 17.2 Å². The Balaban J connectivity index is 2.39. The smallest absolute Gasteiger partial charge is 0.214 e. The van der Waals surface area contributed by atoms with E-state index in [1.54, 1.807) is 11.8 Å². The maximum Gasteiger partial charge on any atom is 0.214 e. The molecule has 2 aromatic rings. The second kappa shape index (κ2) is 5.83. The fraction of sp³-hybridized carbons (Fsp3) is 0.333. The monoisotopic (exact) mass is 278 g/mol. The summed E-state index contributed by atoms with van der Waals surface area (Å²) in [5.74, 6) is 1.10. The number of hydrogen-bond acceptors (Lipinski definition) is 6. The zero-order valence-corrected chi connectivity index (χ0v) is 11.8. The van der Waals surface area contributed by atoms with Gasteiger partial charge in [0.05, 0.1) is 12.9 Å². The van der Waals surface area contributed by atoms with E-state index in [0.29, 0.717) is 16.7 Å². The highest BCUT2D eigenvalue weighted by molar-refractivity contribution is 7.99. The van der Waals surface area contributed by atoms with Gasteiger partial charge in [0.15, 0.2) is 0 Å². The zero-order valence-electron chi connectivity index (χ0n) is 11.0. The number of benzene rings is 1. The lowest BCUT2D eigenvalue weighted by Crippen LogP contribution is -2.04. The van der Waals surface area contributed by atoms with Gasteiger partial charge in [0.2, 0.25) is 5.16 Å². The van der Waals surface area contributed by atoms with Gasteiger partial charge >= 0.3 is 0 Å². The van der Waals surface area contributed by atoms with Crippen molar-refractivity contribution in [2.24, 2.45) is 0 Å². The van der Waals surface area contributed by atoms with E-state index in [1.165, 1.54) is 18.7 Å². The van der Waals surface area contributed by atoms with Crippen LogP contribution in [0.25, 0.3) is 5.69 Å². The molecule has 1 heterocycles. The Morgan fingerprint density at radius 3 is 2.95 bits per heavy atom. The number of hydrogen-bond donors (Lipinski definition) is 0. The number of thioether (sulfide) groups is 1. The summed E-state index contributed by atoms with van der Waals surface area (Å²) in [5, 5.41) is 12.1. The second-order valence-electron chi connectivity index (χ2n) is 4.04. The molecule has 0 aliphatic carbocycles. The zero-order chi connectivity index (χ0) is 13.8. The Morgan fingerprint density at radius 1 is 1.47 bits per heavy atom. The average Bonchev–Trinajstić information content (AvgIpc) is 2.84. The highest BCUT2D eigenvalue weighted by Crippen LogP contribution is 2.26. The molecule has 2 rings (SSSR count). The van der Waals surface area contributed by atoms with Crippen molar-refractivity contribution >= 4 is 17.5 Å². The molecule has 0 aliphatic heterocycles. The number of aromatic nitrogens is 4. The van der Waals surface area contributed by atoms with Crippen LogP contribution >= 0.6 is 11.8 Å². The number of carbonyl (C=O) groups is 1. The molecule has 0 unspecified atom stereocenters. The van der Waals surface area contributed by atoms with E-state index in [-0.39, 0.29) is 5.78 Å². The quantitative estimate of drug-likeness (QED) is 0.775. The van der Waals surface area contributed by atoms with Crippen molar-refractivity contribution in [3.8, 4) is 11.4 Å². The van der Waals surface area contributed by atoms with Gasteiger partial charge in [-0.25, -0.2) is 0 Å². The molecular weight excluding hydrogens is 264 g/mol. The first kappa shape index (κ1) is 13.5. The summed E-state index contributed by atoms with van der Waals surface area (Å²) in [7, 11) is 1.60. The van der Waals surface area contributed by atoms with Crippen LogP contribution in [0.2, 0.25) is 0 Å². The Bertz CT molecular complexity index is 597. The lowest BCUT2D eigenvalue weighted by Gasteiger charge is -2.09. The number of nitrogens with zero attached hydrogens (tertiary/aromatic N) is 4. The topological polar surface area (TPSA) is 69.9 Å². The fourth-order valence-corrected chi connectivity index (χ4v) is 2.24. The Morgan fingerprint density at radius 2 is 2.26 bits per heavy atom. The molecule has 0 bridgehead atoms. The SMILES string of the molecule is COc1ccc(C)cc1-n1nnnc1SCC(C)=O. The van der Waals surface area contributed by atoms with E-state index in [4.69, 9.17) is 4.74 Å². The lowest BCUT2D eigenvalue weighted by molar-refractivity contribution is -0.114. The maximum absolute atomic E-state index is 11.0. The van der Waals surface area contributed by atoms with Crippen molar-refractivity contribution in [3.63, 3.8) is 0 Å². The molecule has 0 fully saturated rings. The van der Waals surface area contributed by atoms with Crippen molar-refractivity contribution in [3.05, 3.63) is 23.8 Å². The summed E-state index contributed by atoms with van der Waals surface area (Å²) in [4.78, 5) is 11.0. The minimum Gasteiger partial charge on any atom is -0.494 e. The van der Waals surface area contributed by atoms with Gasteiger partial charge in [0.25, 0.3) is 0 Å².